The Labute approximate surface area is 135 Å². The predicted molar refractivity (Wildman–Crippen MR) is 90.0 cm³/mol. The number of nitrogens with one attached hydrogen (secondary N) is 1. The molecule has 1 amide bonds. The lowest BCUT2D eigenvalue weighted by molar-refractivity contribution is -0.122. The van der Waals surface area contributed by atoms with E-state index in [1.165, 1.54) is 0 Å². The van der Waals surface area contributed by atoms with E-state index in [0.717, 1.165) is 23.3 Å². The Morgan fingerprint density at radius 3 is 2.64 bits per heavy atom. The highest BCUT2D eigenvalue weighted by Crippen LogP contribution is 2.32. The molecule has 6 heteroatoms. The fraction of sp³-hybridized carbons (Fsp3) is 0.375. The molecule has 0 atom stereocenters. The lowest BCUT2D eigenvalue weighted by Crippen LogP contribution is -2.31. The minimum absolute atomic E-state index is 0.109. The lowest BCUT2D eigenvalue weighted by atomic mass is 10.1. The van der Waals surface area contributed by atoms with Crippen LogP contribution in [-0.4, -0.2) is 36.7 Å². The molecule has 1 aliphatic rings. The second-order valence-corrected chi connectivity index (χ2v) is 5.35. The summed E-state index contributed by atoms with van der Waals surface area (Å²) in [6, 6.07) is 3.71. The van der Waals surface area contributed by atoms with E-state index >= 15 is 0 Å². The maximum absolute atomic E-state index is 12.4. The summed E-state index contributed by atoms with van der Waals surface area (Å²) in [5, 5.41) is 3.42. The van der Waals surface area contributed by atoms with Crippen LogP contribution in [0.25, 0.3) is 6.08 Å². The summed E-state index contributed by atoms with van der Waals surface area (Å²) >= 11 is 5.20. The number of ether oxygens (including phenoxy) is 2. The standard InChI is InChI=1S/C16H20N2O3S/c1-5-8-18-15(19)12(17-16(18)22)9-11-6-7-13(20-3)10(2)14(11)21-4/h6-7,9H,5,8H2,1-4H3,(H,17,22). The van der Waals surface area contributed by atoms with Crippen molar-refractivity contribution in [2.24, 2.45) is 0 Å². The van der Waals surface area contributed by atoms with Gasteiger partial charge in [-0.1, -0.05) is 6.92 Å². The summed E-state index contributed by atoms with van der Waals surface area (Å²) in [7, 11) is 3.21. The first-order valence-corrected chi connectivity index (χ1v) is 7.50. The number of thiocarbonyl (C=S) groups is 1. The molecular formula is C16H20N2O3S. The molecule has 1 aromatic rings. The van der Waals surface area contributed by atoms with Gasteiger partial charge in [0.25, 0.3) is 5.91 Å². The molecule has 0 aliphatic carbocycles. The Morgan fingerprint density at radius 2 is 2.05 bits per heavy atom. The molecular weight excluding hydrogens is 300 g/mol. The number of methoxy groups -OCH3 is 2. The highest BCUT2D eigenvalue weighted by molar-refractivity contribution is 7.80. The van der Waals surface area contributed by atoms with Gasteiger partial charge in [0.2, 0.25) is 0 Å². The van der Waals surface area contributed by atoms with Crippen LogP contribution >= 0.6 is 12.2 Å². The van der Waals surface area contributed by atoms with Crippen molar-refractivity contribution >= 4 is 29.3 Å². The van der Waals surface area contributed by atoms with Gasteiger partial charge >= 0.3 is 0 Å². The third kappa shape index (κ3) is 2.92. The van der Waals surface area contributed by atoms with Gasteiger partial charge in [-0.05, 0) is 43.8 Å². The van der Waals surface area contributed by atoms with Crippen LogP contribution in [0.2, 0.25) is 0 Å². The van der Waals surface area contributed by atoms with E-state index in [9.17, 15) is 4.79 Å². The second kappa shape index (κ2) is 6.79. The Balaban J connectivity index is 2.40. The van der Waals surface area contributed by atoms with Crippen molar-refractivity contribution in [3.05, 3.63) is 29.0 Å². The normalized spacial score (nSPS) is 16.2. The van der Waals surface area contributed by atoms with E-state index in [1.54, 1.807) is 25.2 Å². The molecule has 5 nitrogen and oxygen atoms in total. The third-order valence-electron chi connectivity index (χ3n) is 3.52. The summed E-state index contributed by atoms with van der Waals surface area (Å²) in [6.45, 7) is 4.53. The highest BCUT2D eigenvalue weighted by Gasteiger charge is 2.30. The molecule has 2 rings (SSSR count). The van der Waals surface area contributed by atoms with Crippen LogP contribution in [0, 0.1) is 6.92 Å². The quantitative estimate of drug-likeness (QED) is 0.667. The van der Waals surface area contributed by atoms with E-state index in [4.69, 9.17) is 21.7 Å². The molecule has 1 heterocycles. The molecule has 0 radical (unpaired) electrons. The molecule has 1 saturated heterocycles. The van der Waals surface area contributed by atoms with Crippen molar-refractivity contribution in [3.8, 4) is 11.5 Å². The monoisotopic (exact) mass is 320 g/mol. The van der Waals surface area contributed by atoms with Gasteiger partial charge in [-0.2, -0.15) is 0 Å². The number of carbonyl (C=O) groups excluding carboxylic acids is 1. The third-order valence-corrected chi connectivity index (χ3v) is 3.84. The first kappa shape index (κ1) is 16.3. The molecule has 118 valence electrons. The number of rotatable bonds is 5. The summed E-state index contributed by atoms with van der Waals surface area (Å²) in [5.74, 6) is 1.32. The summed E-state index contributed by atoms with van der Waals surface area (Å²) < 4.78 is 10.7. The van der Waals surface area contributed by atoms with Gasteiger partial charge in [-0.3, -0.25) is 9.69 Å². The van der Waals surface area contributed by atoms with Crippen LogP contribution in [-0.2, 0) is 4.79 Å². The van der Waals surface area contributed by atoms with Crippen LogP contribution < -0.4 is 14.8 Å². The van der Waals surface area contributed by atoms with Crippen LogP contribution in [0.3, 0.4) is 0 Å². The van der Waals surface area contributed by atoms with Crippen LogP contribution in [0.15, 0.2) is 17.8 Å². The molecule has 0 unspecified atom stereocenters. The van der Waals surface area contributed by atoms with E-state index in [0.29, 0.717) is 23.1 Å². The summed E-state index contributed by atoms with van der Waals surface area (Å²) in [4.78, 5) is 13.9. The number of amides is 1. The van der Waals surface area contributed by atoms with Crippen molar-refractivity contribution in [2.45, 2.75) is 20.3 Å². The Kier molecular flexibility index (Phi) is 5.03. The Bertz CT molecular complexity index is 641. The van der Waals surface area contributed by atoms with Crippen molar-refractivity contribution in [1.29, 1.82) is 0 Å². The van der Waals surface area contributed by atoms with E-state index in [1.807, 2.05) is 26.0 Å². The van der Waals surface area contributed by atoms with Gasteiger partial charge < -0.3 is 14.8 Å². The van der Waals surface area contributed by atoms with Gasteiger partial charge in [-0.15, -0.1) is 0 Å². The van der Waals surface area contributed by atoms with E-state index in [2.05, 4.69) is 5.32 Å². The molecule has 1 fully saturated rings. The second-order valence-electron chi connectivity index (χ2n) is 4.96. The average molecular weight is 320 g/mol. The van der Waals surface area contributed by atoms with E-state index in [-0.39, 0.29) is 5.91 Å². The van der Waals surface area contributed by atoms with Gasteiger partial charge in [0.1, 0.15) is 17.2 Å². The zero-order chi connectivity index (χ0) is 16.3. The van der Waals surface area contributed by atoms with Crippen LogP contribution in [0.1, 0.15) is 24.5 Å². The molecule has 1 aliphatic heterocycles. The fourth-order valence-corrected chi connectivity index (χ4v) is 2.74. The Hall–Kier alpha value is -2.08. The smallest absolute Gasteiger partial charge is 0.276 e. The number of hydrogen-bond acceptors (Lipinski definition) is 4. The van der Waals surface area contributed by atoms with Crippen molar-refractivity contribution < 1.29 is 14.3 Å². The number of carbonyl (C=O) groups is 1. The van der Waals surface area contributed by atoms with Crippen molar-refractivity contribution in [3.63, 3.8) is 0 Å². The first-order valence-electron chi connectivity index (χ1n) is 7.09. The number of nitrogens with zero attached hydrogens (tertiary/aromatic N) is 1. The lowest BCUT2D eigenvalue weighted by Gasteiger charge is -2.13. The zero-order valence-corrected chi connectivity index (χ0v) is 14.0. The summed E-state index contributed by atoms with van der Waals surface area (Å²) in [6.07, 6.45) is 2.61. The average Bonchev–Trinajstić information content (AvgIpc) is 2.76. The molecule has 1 N–H and O–H groups in total. The van der Waals surface area contributed by atoms with Crippen LogP contribution in [0.5, 0.6) is 11.5 Å². The van der Waals surface area contributed by atoms with Gasteiger partial charge in [0, 0.05) is 17.7 Å². The van der Waals surface area contributed by atoms with Gasteiger partial charge in [-0.25, -0.2) is 0 Å². The zero-order valence-electron chi connectivity index (χ0n) is 13.2. The Morgan fingerprint density at radius 1 is 1.32 bits per heavy atom. The largest absolute Gasteiger partial charge is 0.496 e. The topological polar surface area (TPSA) is 50.8 Å². The molecule has 0 aromatic heterocycles. The maximum Gasteiger partial charge on any atom is 0.276 e. The van der Waals surface area contributed by atoms with Crippen LogP contribution in [0.4, 0.5) is 0 Å². The number of benzene rings is 1. The van der Waals surface area contributed by atoms with Gasteiger partial charge in [0.05, 0.1) is 14.2 Å². The van der Waals surface area contributed by atoms with Crippen molar-refractivity contribution in [1.82, 2.24) is 10.2 Å². The SMILES string of the molecule is CCCN1C(=O)C(=Cc2ccc(OC)c(C)c2OC)NC1=S. The highest BCUT2D eigenvalue weighted by atomic mass is 32.1. The summed E-state index contributed by atoms with van der Waals surface area (Å²) in [5.41, 5.74) is 2.15. The molecule has 0 spiro atoms. The molecule has 1 aromatic carbocycles. The minimum atomic E-state index is -0.109. The fourth-order valence-electron chi connectivity index (χ4n) is 2.45. The molecule has 22 heavy (non-hydrogen) atoms. The minimum Gasteiger partial charge on any atom is -0.496 e. The van der Waals surface area contributed by atoms with Crippen molar-refractivity contribution in [2.75, 3.05) is 20.8 Å². The number of hydrogen-bond donors (Lipinski definition) is 1. The maximum atomic E-state index is 12.4. The molecule has 0 bridgehead atoms. The first-order chi connectivity index (χ1) is 10.5. The van der Waals surface area contributed by atoms with Gasteiger partial charge in [0.15, 0.2) is 5.11 Å². The molecule has 0 saturated carbocycles. The predicted octanol–water partition coefficient (Wildman–Crippen LogP) is 2.48. The van der Waals surface area contributed by atoms with E-state index < -0.39 is 0 Å².